The first-order valence-corrected chi connectivity index (χ1v) is 7.95. The van der Waals surface area contributed by atoms with E-state index in [4.69, 9.17) is 11.6 Å². The van der Waals surface area contributed by atoms with Crippen LogP contribution in [0.3, 0.4) is 0 Å². The molecule has 0 unspecified atom stereocenters. The first-order valence-electron chi connectivity index (χ1n) is 6.49. The molecule has 1 aliphatic carbocycles. The highest BCUT2D eigenvalue weighted by molar-refractivity contribution is 14.1. The van der Waals surface area contributed by atoms with Crippen LogP contribution < -0.4 is 5.32 Å². The molecule has 3 heteroatoms. The molecule has 1 aliphatic rings. The lowest BCUT2D eigenvalue weighted by Crippen LogP contribution is -2.34. The minimum Gasteiger partial charge on any atom is -0.381 e. The fourth-order valence-electron chi connectivity index (χ4n) is 2.59. The largest absolute Gasteiger partial charge is 0.381 e. The Hall–Kier alpha value is -0.740. The molecule has 98 valence electrons. The summed E-state index contributed by atoms with van der Waals surface area (Å²) in [6.07, 6.45) is 2.32. The number of hydrogen-bond acceptors (Lipinski definition) is 1. The van der Waals surface area contributed by atoms with Crippen molar-refractivity contribution < 1.29 is 0 Å². The van der Waals surface area contributed by atoms with E-state index in [9.17, 15) is 0 Å². The standard InChI is InChI=1S/C16H15ClIN/c17-14-6-2-1-5-13(14)11-9-12(10-11)19-16-8-4-3-7-15(16)18/h1-8,11-12,19H,9-10H2. The second-order valence-electron chi connectivity index (χ2n) is 5.01. The van der Waals surface area contributed by atoms with E-state index in [2.05, 4.69) is 64.3 Å². The van der Waals surface area contributed by atoms with Crippen LogP contribution in [-0.2, 0) is 0 Å². The summed E-state index contributed by atoms with van der Waals surface area (Å²) < 4.78 is 1.28. The summed E-state index contributed by atoms with van der Waals surface area (Å²) in [5, 5.41) is 4.52. The summed E-state index contributed by atoms with van der Waals surface area (Å²) in [5.74, 6) is 0.604. The fraction of sp³-hybridized carbons (Fsp3) is 0.250. The highest BCUT2D eigenvalue weighted by Crippen LogP contribution is 2.41. The van der Waals surface area contributed by atoms with Crippen molar-refractivity contribution in [3.63, 3.8) is 0 Å². The maximum Gasteiger partial charge on any atom is 0.0478 e. The van der Waals surface area contributed by atoms with Gasteiger partial charge in [0.15, 0.2) is 0 Å². The normalized spacial score (nSPS) is 21.8. The van der Waals surface area contributed by atoms with Crippen LogP contribution in [0.15, 0.2) is 48.5 Å². The summed E-state index contributed by atoms with van der Waals surface area (Å²) in [6, 6.07) is 17.2. The van der Waals surface area contributed by atoms with Crippen LogP contribution in [0, 0.1) is 3.57 Å². The van der Waals surface area contributed by atoms with E-state index in [0.29, 0.717) is 12.0 Å². The molecule has 3 rings (SSSR count). The van der Waals surface area contributed by atoms with E-state index < -0.39 is 0 Å². The van der Waals surface area contributed by atoms with Gasteiger partial charge in [0.25, 0.3) is 0 Å². The Balaban J connectivity index is 1.62. The maximum atomic E-state index is 6.24. The van der Waals surface area contributed by atoms with Crippen LogP contribution in [0.4, 0.5) is 5.69 Å². The molecule has 0 spiro atoms. The lowest BCUT2D eigenvalue weighted by molar-refractivity contribution is 0.374. The minimum atomic E-state index is 0.567. The van der Waals surface area contributed by atoms with Gasteiger partial charge in [-0.05, 0) is 65.1 Å². The van der Waals surface area contributed by atoms with E-state index in [1.807, 2.05) is 12.1 Å². The second-order valence-corrected chi connectivity index (χ2v) is 6.58. The lowest BCUT2D eigenvalue weighted by Gasteiger charge is -2.37. The molecule has 0 atom stereocenters. The molecule has 0 heterocycles. The Morgan fingerprint density at radius 3 is 2.42 bits per heavy atom. The molecule has 1 nitrogen and oxygen atoms in total. The summed E-state index contributed by atoms with van der Waals surface area (Å²) in [5.41, 5.74) is 2.54. The molecular formula is C16H15ClIN. The van der Waals surface area contributed by atoms with Crippen molar-refractivity contribution in [2.24, 2.45) is 0 Å². The highest BCUT2D eigenvalue weighted by Gasteiger charge is 2.31. The van der Waals surface area contributed by atoms with E-state index >= 15 is 0 Å². The Morgan fingerprint density at radius 2 is 1.68 bits per heavy atom. The summed E-state index contributed by atoms with van der Waals surface area (Å²) in [7, 11) is 0. The SMILES string of the molecule is Clc1ccccc1C1CC(Nc2ccccc2I)C1. The summed E-state index contributed by atoms with van der Waals surface area (Å²) >= 11 is 8.62. The fourth-order valence-corrected chi connectivity index (χ4v) is 3.43. The lowest BCUT2D eigenvalue weighted by atomic mass is 9.76. The van der Waals surface area contributed by atoms with Gasteiger partial charge in [-0.3, -0.25) is 0 Å². The van der Waals surface area contributed by atoms with Gasteiger partial charge in [0.2, 0.25) is 0 Å². The van der Waals surface area contributed by atoms with Gasteiger partial charge < -0.3 is 5.32 Å². The van der Waals surface area contributed by atoms with E-state index in [1.165, 1.54) is 14.8 Å². The van der Waals surface area contributed by atoms with Crippen molar-refractivity contribution in [1.82, 2.24) is 0 Å². The average molecular weight is 384 g/mol. The molecule has 0 radical (unpaired) electrons. The predicted octanol–water partition coefficient (Wildman–Crippen LogP) is 5.30. The predicted molar refractivity (Wildman–Crippen MR) is 90.0 cm³/mol. The van der Waals surface area contributed by atoms with Gasteiger partial charge in [0, 0.05) is 20.3 Å². The Kier molecular flexibility index (Phi) is 3.99. The zero-order valence-electron chi connectivity index (χ0n) is 10.4. The first-order chi connectivity index (χ1) is 9.24. The van der Waals surface area contributed by atoms with Crippen molar-refractivity contribution in [3.05, 3.63) is 62.7 Å². The van der Waals surface area contributed by atoms with Crippen LogP contribution in [0.5, 0.6) is 0 Å². The zero-order valence-corrected chi connectivity index (χ0v) is 13.4. The minimum absolute atomic E-state index is 0.567. The third-order valence-electron chi connectivity index (χ3n) is 3.72. The number of nitrogens with one attached hydrogen (secondary N) is 1. The van der Waals surface area contributed by atoms with E-state index in [-0.39, 0.29) is 0 Å². The van der Waals surface area contributed by atoms with Crippen molar-refractivity contribution in [3.8, 4) is 0 Å². The smallest absolute Gasteiger partial charge is 0.0478 e. The Bertz CT molecular complexity index is 578. The van der Waals surface area contributed by atoms with Gasteiger partial charge in [-0.1, -0.05) is 41.9 Å². The molecule has 0 bridgehead atoms. The van der Waals surface area contributed by atoms with Crippen molar-refractivity contribution in [2.75, 3.05) is 5.32 Å². The molecule has 0 saturated heterocycles. The molecule has 1 fully saturated rings. The molecule has 1 N–H and O–H groups in total. The molecule has 0 aromatic heterocycles. The molecule has 1 saturated carbocycles. The molecule has 2 aromatic carbocycles. The monoisotopic (exact) mass is 383 g/mol. The molecule has 2 aromatic rings. The molecule has 0 aliphatic heterocycles. The number of hydrogen-bond donors (Lipinski definition) is 1. The quantitative estimate of drug-likeness (QED) is 0.709. The van der Waals surface area contributed by atoms with Gasteiger partial charge in [-0.15, -0.1) is 0 Å². The highest BCUT2D eigenvalue weighted by atomic mass is 127. The van der Waals surface area contributed by atoms with Gasteiger partial charge >= 0.3 is 0 Å². The van der Waals surface area contributed by atoms with Crippen LogP contribution in [-0.4, -0.2) is 6.04 Å². The van der Waals surface area contributed by atoms with Crippen LogP contribution in [0.1, 0.15) is 24.3 Å². The maximum absolute atomic E-state index is 6.24. The Morgan fingerprint density at radius 1 is 1.00 bits per heavy atom. The van der Waals surface area contributed by atoms with Crippen LogP contribution in [0.2, 0.25) is 5.02 Å². The van der Waals surface area contributed by atoms with Crippen molar-refractivity contribution in [1.29, 1.82) is 0 Å². The van der Waals surface area contributed by atoms with Gasteiger partial charge in [-0.2, -0.15) is 0 Å². The third kappa shape index (κ3) is 2.90. The summed E-state index contributed by atoms with van der Waals surface area (Å²) in [4.78, 5) is 0. The van der Waals surface area contributed by atoms with Crippen molar-refractivity contribution >= 4 is 39.9 Å². The summed E-state index contributed by atoms with van der Waals surface area (Å²) in [6.45, 7) is 0. The second kappa shape index (κ2) is 5.71. The zero-order chi connectivity index (χ0) is 13.2. The van der Waals surface area contributed by atoms with Crippen LogP contribution >= 0.6 is 34.2 Å². The molecule has 19 heavy (non-hydrogen) atoms. The number of rotatable bonds is 3. The van der Waals surface area contributed by atoms with E-state index in [1.54, 1.807) is 0 Å². The number of para-hydroxylation sites is 1. The van der Waals surface area contributed by atoms with Crippen molar-refractivity contribution in [2.45, 2.75) is 24.8 Å². The van der Waals surface area contributed by atoms with Gasteiger partial charge in [-0.25, -0.2) is 0 Å². The topological polar surface area (TPSA) is 12.0 Å². The van der Waals surface area contributed by atoms with Crippen LogP contribution in [0.25, 0.3) is 0 Å². The van der Waals surface area contributed by atoms with Gasteiger partial charge in [0.1, 0.15) is 0 Å². The first kappa shape index (κ1) is 13.3. The Labute approximate surface area is 132 Å². The van der Waals surface area contributed by atoms with Gasteiger partial charge in [0.05, 0.1) is 0 Å². The number of benzene rings is 2. The van der Waals surface area contributed by atoms with E-state index in [0.717, 1.165) is 17.9 Å². The molecular weight excluding hydrogens is 369 g/mol. The average Bonchev–Trinajstić information content (AvgIpc) is 2.37. The molecule has 0 amide bonds. The third-order valence-corrected chi connectivity index (χ3v) is 5.00. The number of halogens is 2. The number of anilines is 1.